The first-order chi connectivity index (χ1) is 9.61. The van der Waals surface area contributed by atoms with E-state index in [1.165, 1.54) is 32.5 Å². The van der Waals surface area contributed by atoms with Crippen molar-refractivity contribution in [2.45, 2.75) is 26.8 Å². The van der Waals surface area contributed by atoms with E-state index in [0.717, 1.165) is 0 Å². The van der Waals surface area contributed by atoms with Gasteiger partial charge in [-0.2, -0.15) is 0 Å². The first-order valence-electron chi connectivity index (χ1n) is 6.94. The second kappa shape index (κ2) is 5.29. The molecule has 0 radical (unpaired) electrons. The number of aryl methyl sites for hydroxylation is 2. The second-order valence-electron chi connectivity index (χ2n) is 5.46. The molecular formula is C18H19NS. The third kappa shape index (κ3) is 2.70. The Morgan fingerprint density at radius 3 is 2.45 bits per heavy atom. The van der Waals surface area contributed by atoms with Crippen molar-refractivity contribution in [3.8, 4) is 0 Å². The van der Waals surface area contributed by atoms with Gasteiger partial charge in [0, 0.05) is 16.4 Å². The number of fused-ring (bicyclic) bond motifs is 1. The summed E-state index contributed by atoms with van der Waals surface area (Å²) in [6.07, 6.45) is 0. The Morgan fingerprint density at radius 2 is 1.70 bits per heavy atom. The lowest BCUT2D eigenvalue weighted by atomic mass is 10.0. The molecule has 20 heavy (non-hydrogen) atoms. The van der Waals surface area contributed by atoms with Crippen molar-refractivity contribution in [2.24, 2.45) is 0 Å². The number of hydrogen-bond acceptors (Lipinski definition) is 2. The fourth-order valence-electron chi connectivity index (χ4n) is 2.65. The molecule has 102 valence electrons. The molecule has 0 fully saturated rings. The van der Waals surface area contributed by atoms with Crippen molar-refractivity contribution < 1.29 is 0 Å². The summed E-state index contributed by atoms with van der Waals surface area (Å²) in [6, 6.07) is 15.8. The Labute approximate surface area is 124 Å². The van der Waals surface area contributed by atoms with Crippen molar-refractivity contribution in [2.75, 3.05) is 5.32 Å². The summed E-state index contributed by atoms with van der Waals surface area (Å²) in [5, 5.41) is 7.05. The van der Waals surface area contributed by atoms with Gasteiger partial charge in [0.2, 0.25) is 0 Å². The van der Waals surface area contributed by atoms with Crippen molar-refractivity contribution in [3.05, 3.63) is 64.5 Å². The van der Waals surface area contributed by atoms with Gasteiger partial charge < -0.3 is 5.32 Å². The third-order valence-electron chi connectivity index (χ3n) is 3.58. The van der Waals surface area contributed by atoms with Gasteiger partial charge in [-0.05, 0) is 61.4 Å². The maximum atomic E-state index is 3.60. The number of hydrogen-bond donors (Lipinski definition) is 1. The van der Waals surface area contributed by atoms with E-state index in [4.69, 9.17) is 0 Å². The van der Waals surface area contributed by atoms with Crippen molar-refractivity contribution in [1.29, 1.82) is 0 Å². The minimum absolute atomic E-state index is 0.310. The SMILES string of the molecule is Cc1cc(C)cc(C(C)Nc2ccc3sccc3c2)c1. The van der Waals surface area contributed by atoms with Crippen LogP contribution in [0.15, 0.2) is 47.8 Å². The van der Waals surface area contributed by atoms with Gasteiger partial charge >= 0.3 is 0 Å². The molecule has 0 aliphatic carbocycles. The molecule has 1 N–H and O–H groups in total. The first-order valence-corrected chi connectivity index (χ1v) is 7.82. The normalized spacial score (nSPS) is 12.6. The summed E-state index contributed by atoms with van der Waals surface area (Å²) in [7, 11) is 0. The van der Waals surface area contributed by atoms with Crippen molar-refractivity contribution >= 4 is 27.1 Å². The molecule has 1 nitrogen and oxygen atoms in total. The van der Waals surface area contributed by atoms with Crippen LogP contribution in [0.1, 0.15) is 29.7 Å². The number of anilines is 1. The number of rotatable bonds is 3. The average Bonchev–Trinajstić information content (AvgIpc) is 2.85. The monoisotopic (exact) mass is 281 g/mol. The lowest BCUT2D eigenvalue weighted by Crippen LogP contribution is -2.07. The van der Waals surface area contributed by atoms with Gasteiger partial charge in [0.05, 0.1) is 0 Å². The van der Waals surface area contributed by atoms with Crippen LogP contribution in [-0.4, -0.2) is 0 Å². The molecule has 1 heterocycles. The van der Waals surface area contributed by atoms with Crippen LogP contribution in [0.5, 0.6) is 0 Å². The molecule has 2 aromatic carbocycles. The molecule has 0 aliphatic heterocycles. The maximum Gasteiger partial charge on any atom is 0.0485 e. The summed E-state index contributed by atoms with van der Waals surface area (Å²) in [5.41, 5.74) is 5.17. The number of thiophene rings is 1. The standard InChI is InChI=1S/C18H19NS/c1-12-8-13(2)10-16(9-12)14(3)19-17-4-5-18-15(11-17)6-7-20-18/h4-11,14,19H,1-3H3. The summed E-state index contributed by atoms with van der Waals surface area (Å²) in [6.45, 7) is 6.52. The summed E-state index contributed by atoms with van der Waals surface area (Å²) in [5.74, 6) is 0. The number of nitrogens with one attached hydrogen (secondary N) is 1. The maximum absolute atomic E-state index is 3.60. The zero-order valence-electron chi connectivity index (χ0n) is 12.1. The van der Waals surface area contributed by atoms with Crippen LogP contribution in [0.3, 0.4) is 0 Å². The Bertz CT molecular complexity index is 722. The molecule has 0 saturated carbocycles. The first kappa shape index (κ1) is 13.2. The van der Waals surface area contributed by atoms with Gasteiger partial charge in [-0.25, -0.2) is 0 Å². The lowest BCUT2D eigenvalue weighted by Gasteiger charge is -2.17. The quantitative estimate of drug-likeness (QED) is 0.650. The van der Waals surface area contributed by atoms with Gasteiger partial charge in [-0.15, -0.1) is 11.3 Å². The van der Waals surface area contributed by atoms with Gasteiger partial charge in [0.1, 0.15) is 0 Å². The average molecular weight is 281 g/mol. The second-order valence-corrected chi connectivity index (χ2v) is 6.41. The van der Waals surface area contributed by atoms with E-state index in [9.17, 15) is 0 Å². The van der Waals surface area contributed by atoms with Gasteiger partial charge in [-0.1, -0.05) is 29.3 Å². The van der Waals surface area contributed by atoms with Crippen molar-refractivity contribution in [3.63, 3.8) is 0 Å². The van der Waals surface area contributed by atoms with E-state index in [0.29, 0.717) is 6.04 Å². The minimum atomic E-state index is 0.310. The predicted octanol–water partition coefficient (Wildman–Crippen LogP) is 5.69. The highest BCUT2D eigenvalue weighted by Crippen LogP contribution is 2.27. The van der Waals surface area contributed by atoms with E-state index >= 15 is 0 Å². The number of benzene rings is 2. The molecule has 0 saturated heterocycles. The zero-order chi connectivity index (χ0) is 14.1. The van der Waals surface area contributed by atoms with Crippen LogP contribution in [0.2, 0.25) is 0 Å². The van der Waals surface area contributed by atoms with E-state index in [1.54, 1.807) is 11.3 Å². The van der Waals surface area contributed by atoms with Gasteiger partial charge in [-0.3, -0.25) is 0 Å². The lowest BCUT2D eigenvalue weighted by molar-refractivity contribution is 0.881. The molecule has 0 amide bonds. The molecule has 0 bridgehead atoms. The van der Waals surface area contributed by atoms with Crippen LogP contribution < -0.4 is 5.32 Å². The topological polar surface area (TPSA) is 12.0 Å². The van der Waals surface area contributed by atoms with Gasteiger partial charge in [0.15, 0.2) is 0 Å². The molecule has 3 rings (SSSR count). The molecule has 3 aromatic rings. The van der Waals surface area contributed by atoms with E-state index in [-0.39, 0.29) is 0 Å². The summed E-state index contributed by atoms with van der Waals surface area (Å²) >= 11 is 1.79. The van der Waals surface area contributed by atoms with Gasteiger partial charge in [0.25, 0.3) is 0 Å². The molecular weight excluding hydrogens is 262 g/mol. The predicted molar refractivity (Wildman–Crippen MR) is 89.8 cm³/mol. The van der Waals surface area contributed by atoms with Crippen LogP contribution in [0, 0.1) is 13.8 Å². The summed E-state index contributed by atoms with van der Waals surface area (Å²) in [4.78, 5) is 0. The van der Waals surface area contributed by atoms with Crippen LogP contribution in [-0.2, 0) is 0 Å². The largest absolute Gasteiger partial charge is 0.379 e. The molecule has 0 spiro atoms. The van der Waals surface area contributed by atoms with E-state index in [1.807, 2.05) is 0 Å². The fourth-order valence-corrected chi connectivity index (χ4v) is 3.42. The molecule has 2 heteroatoms. The minimum Gasteiger partial charge on any atom is -0.379 e. The van der Waals surface area contributed by atoms with Crippen LogP contribution >= 0.6 is 11.3 Å². The molecule has 1 aromatic heterocycles. The van der Waals surface area contributed by atoms with Crippen LogP contribution in [0.25, 0.3) is 10.1 Å². The highest BCUT2D eigenvalue weighted by atomic mass is 32.1. The van der Waals surface area contributed by atoms with E-state index < -0.39 is 0 Å². The Kier molecular flexibility index (Phi) is 3.49. The van der Waals surface area contributed by atoms with E-state index in [2.05, 4.69) is 73.9 Å². The molecule has 1 unspecified atom stereocenters. The van der Waals surface area contributed by atoms with Crippen LogP contribution in [0.4, 0.5) is 5.69 Å². The highest BCUT2D eigenvalue weighted by Gasteiger charge is 2.07. The highest BCUT2D eigenvalue weighted by molar-refractivity contribution is 7.17. The van der Waals surface area contributed by atoms with Crippen molar-refractivity contribution in [1.82, 2.24) is 0 Å². The Hall–Kier alpha value is -1.80. The molecule has 0 aliphatic rings. The fraction of sp³-hybridized carbons (Fsp3) is 0.222. The zero-order valence-corrected chi connectivity index (χ0v) is 12.9. The third-order valence-corrected chi connectivity index (χ3v) is 4.48. The molecule has 1 atom stereocenters. The Morgan fingerprint density at radius 1 is 0.950 bits per heavy atom. The smallest absolute Gasteiger partial charge is 0.0485 e. The summed E-state index contributed by atoms with van der Waals surface area (Å²) < 4.78 is 1.34. The Balaban J connectivity index is 1.85.